The third kappa shape index (κ3) is 6.34. The highest BCUT2D eigenvalue weighted by molar-refractivity contribution is 7.19. The van der Waals surface area contributed by atoms with Gasteiger partial charge in [-0.2, -0.15) is 0 Å². The molecule has 186 valence electrons. The molecular weight excluding hydrogens is 468 g/mol. The van der Waals surface area contributed by atoms with Gasteiger partial charge in [0.05, 0.1) is 52.0 Å². The van der Waals surface area contributed by atoms with Crippen molar-refractivity contribution in [3.05, 3.63) is 52.8 Å². The van der Waals surface area contributed by atoms with Gasteiger partial charge in [0, 0.05) is 25.3 Å². The molecule has 3 aromatic rings. The van der Waals surface area contributed by atoms with E-state index in [1.165, 1.54) is 30.7 Å². The third-order valence-corrected chi connectivity index (χ3v) is 6.03. The van der Waals surface area contributed by atoms with Crippen LogP contribution in [-0.4, -0.2) is 48.2 Å². The van der Waals surface area contributed by atoms with Gasteiger partial charge >= 0.3 is 0 Å². The van der Waals surface area contributed by atoms with Crippen LogP contribution in [0.2, 0.25) is 0 Å². The summed E-state index contributed by atoms with van der Waals surface area (Å²) < 4.78 is 17.0. The molecule has 2 amide bonds. The summed E-state index contributed by atoms with van der Waals surface area (Å²) in [5.74, 6) is -0.237. The number of fused-ring (bicyclic) bond motifs is 1. The van der Waals surface area contributed by atoms with Crippen molar-refractivity contribution < 1.29 is 23.8 Å². The van der Waals surface area contributed by atoms with Gasteiger partial charge in [0.1, 0.15) is 11.3 Å². The van der Waals surface area contributed by atoms with Crippen LogP contribution in [0.25, 0.3) is 10.2 Å². The van der Waals surface area contributed by atoms with Gasteiger partial charge < -0.3 is 24.8 Å². The van der Waals surface area contributed by atoms with Crippen molar-refractivity contribution in [1.29, 1.82) is 0 Å². The lowest BCUT2D eigenvalue weighted by atomic mass is 10.1. The number of nitrogens with zero attached hydrogens (tertiary/aromatic N) is 2. The molecule has 2 aromatic heterocycles. The summed E-state index contributed by atoms with van der Waals surface area (Å²) in [6.45, 7) is 11.4. The molecule has 1 aromatic carbocycles. The van der Waals surface area contributed by atoms with Gasteiger partial charge in [-0.15, -0.1) is 11.3 Å². The normalized spacial score (nSPS) is 11.9. The Morgan fingerprint density at radius 1 is 1.17 bits per heavy atom. The first-order chi connectivity index (χ1) is 16.6. The molecule has 9 nitrogen and oxygen atoms in total. The predicted molar refractivity (Wildman–Crippen MR) is 137 cm³/mol. The molecule has 1 atom stereocenters. The van der Waals surface area contributed by atoms with Gasteiger partial charge in [0.15, 0.2) is 0 Å². The summed E-state index contributed by atoms with van der Waals surface area (Å²) in [6.07, 6.45) is 1.57. The van der Waals surface area contributed by atoms with E-state index in [1.54, 1.807) is 13.2 Å². The number of ether oxygens (including phenoxy) is 3. The number of benzene rings is 1. The second kappa shape index (κ2) is 11.3. The summed E-state index contributed by atoms with van der Waals surface area (Å²) in [4.78, 5) is 35.3. The average molecular weight is 499 g/mol. The van der Waals surface area contributed by atoms with Crippen LogP contribution in [0.1, 0.15) is 52.9 Å². The highest BCUT2D eigenvalue weighted by Crippen LogP contribution is 2.34. The molecule has 35 heavy (non-hydrogen) atoms. The molecule has 1 unspecified atom stereocenters. The zero-order chi connectivity index (χ0) is 25.7. The summed E-state index contributed by atoms with van der Waals surface area (Å²) >= 11 is 1.40. The first-order valence-corrected chi connectivity index (χ1v) is 11.9. The van der Waals surface area contributed by atoms with E-state index < -0.39 is 11.8 Å². The number of carbonyl (C=O) groups excluding carboxylic acids is 2. The van der Waals surface area contributed by atoms with E-state index in [-0.39, 0.29) is 29.3 Å². The fraction of sp³-hybridized carbons (Fsp3) is 0.360. The summed E-state index contributed by atoms with van der Waals surface area (Å²) in [6, 6.07) is 5.02. The minimum atomic E-state index is -0.459. The summed E-state index contributed by atoms with van der Waals surface area (Å²) in [5.41, 5.74) is 1.92. The third-order valence-electron chi connectivity index (χ3n) is 5.02. The van der Waals surface area contributed by atoms with E-state index in [0.717, 1.165) is 5.01 Å². The maximum atomic E-state index is 13.5. The van der Waals surface area contributed by atoms with Crippen LogP contribution < -0.4 is 20.1 Å². The molecule has 0 aliphatic rings. The molecule has 0 bridgehead atoms. The second-order valence-electron chi connectivity index (χ2n) is 8.22. The molecule has 0 saturated carbocycles. The highest BCUT2D eigenvalue weighted by atomic mass is 32.1. The van der Waals surface area contributed by atoms with Gasteiger partial charge in [0.2, 0.25) is 5.88 Å². The largest absolute Gasteiger partial charge is 0.490 e. The van der Waals surface area contributed by atoms with Gasteiger partial charge in [-0.1, -0.05) is 6.58 Å². The SMILES string of the molecule is C=C(CC(C)OC)NC(=O)c1cc(OC)ncc1NC(=O)c1c(OC(C)C)ccc2nc(C)sc12. The van der Waals surface area contributed by atoms with E-state index in [2.05, 4.69) is 27.2 Å². The Kier molecular flexibility index (Phi) is 8.42. The van der Waals surface area contributed by atoms with E-state index in [4.69, 9.17) is 14.2 Å². The van der Waals surface area contributed by atoms with E-state index >= 15 is 0 Å². The van der Waals surface area contributed by atoms with Crippen LogP contribution in [0.3, 0.4) is 0 Å². The first-order valence-electron chi connectivity index (χ1n) is 11.1. The molecule has 2 heterocycles. The highest BCUT2D eigenvalue weighted by Gasteiger charge is 2.23. The van der Waals surface area contributed by atoms with Crippen LogP contribution in [0.4, 0.5) is 5.69 Å². The maximum absolute atomic E-state index is 13.5. The minimum Gasteiger partial charge on any atom is -0.490 e. The summed E-state index contributed by atoms with van der Waals surface area (Å²) in [5, 5.41) is 6.41. The van der Waals surface area contributed by atoms with Crippen molar-refractivity contribution in [2.24, 2.45) is 0 Å². The minimum absolute atomic E-state index is 0.114. The molecule has 10 heteroatoms. The Hall–Kier alpha value is -3.50. The average Bonchev–Trinajstić information content (AvgIpc) is 3.18. The van der Waals surface area contributed by atoms with Gasteiger partial charge in [-0.25, -0.2) is 9.97 Å². The Bertz CT molecular complexity index is 1250. The Labute approximate surface area is 208 Å². The number of methoxy groups -OCH3 is 2. The smallest absolute Gasteiger partial charge is 0.261 e. The molecule has 3 rings (SSSR count). The zero-order valence-electron chi connectivity index (χ0n) is 20.7. The first kappa shape index (κ1) is 26.1. The van der Waals surface area contributed by atoms with Crippen LogP contribution in [0.15, 0.2) is 36.7 Å². The summed E-state index contributed by atoms with van der Waals surface area (Å²) in [7, 11) is 3.04. The number of carbonyl (C=O) groups is 2. The number of thiazole rings is 1. The van der Waals surface area contributed by atoms with Gasteiger partial charge in [0.25, 0.3) is 11.8 Å². The fourth-order valence-electron chi connectivity index (χ4n) is 3.38. The molecular formula is C25H30N4O5S. The monoisotopic (exact) mass is 498 g/mol. The lowest BCUT2D eigenvalue weighted by Gasteiger charge is -2.17. The number of aryl methyl sites for hydroxylation is 1. The number of pyridine rings is 1. The maximum Gasteiger partial charge on any atom is 0.261 e. The number of nitrogens with one attached hydrogen (secondary N) is 2. The van der Waals surface area contributed by atoms with E-state index in [1.807, 2.05) is 33.8 Å². The zero-order valence-corrected chi connectivity index (χ0v) is 21.5. The lowest BCUT2D eigenvalue weighted by Crippen LogP contribution is -2.26. The lowest BCUT2D eigenvalue weighted by molar-refractivity contribution is 0.0949. The molecule has 0 radical (unpaired) electrons. The molecule has 0 saturated heterocycles. The fourth-order valence-corrected chi connectivity index (χ4v) is 4.33. The molecule has 0 spiro atoms. The second-order valence-corrected chi connectivity index (χ2v) is 9.42. The Morgan fingerprint density at radius 2 is 1.91 bits per heavy atom. The number of anilines is 1. The standard InChI is InChI=1S/C25H30N4O5S/c1-13(2)34-20-9-8-18-23(35-16(5)28-18)22(20)25(31)29-19-12-26-21(33-7)11-17(19)24(30)27-14(3)10-15(4)32-6/h8-9,11-13,15H,3,10H2,1-2,4-7H3,(H,27,30)(H,29,31). The van der Waals surface area contributed by atoms with E-state index in [0.29, 0.717) is 33.6 Å². The Balaban J connectivity index is 1.97. The van der Waals surface area contributed by atoms with Gasteiger partial charge in [-0.05, 0) is 39.8 Å². The van der Waals surface area contributed by atoms with Crippen molar-refractivity contribution in [2.45, 2.75) is 46.3 Å². The van der Waals surface area contributed by atoms with Crippen molar-refractivity contribution in [3.8, 4) is 11.6 Å². The number of rotatable bonds is 10. The van der Waals surface area contributed by atoms with Crippen LogP contribution in [-0.2, 0) is 4.74 Å². The van der Waals surface area contributed by atoms with Crippen molar-refractivity contribution in [2.75, 3.05) is 19.5 Å². The molecule has 0 aliphatic carbocycles. The van der Waals surface area contributed by atoms with E-state index in [9.17, 15) is 9.59 Å². The topological polar surface area (TPSA) is 112 Å². The molecule has 0 aliphatic heterocycles. The Morgan fingerprint density at radius 3 is 2.57 bits per heavy atom. The number of aromatic nitrogens is 2. The quantitative estimate of drug-likeness (QED) is 0.416. The molecule has 2 N–H and O–H groups in total. The number of hydrogen-bond acceptors (Lipinski definition) is 8. The van der Waals surface area contributed by atoms with Gasteiger partial charge in [-0.3, -0.25) is 9.59 Å². The van der Waals surface area contributed by atoms with Crippen LogP contribution in [0, 0.1) is 6.92 Å². The van der Waals surface area contributed by atoms with Crippen molar-refractivity contribution in [3.63, 3.8) is 0 Å². The van der Waals surface area contributed by atoms with Crippen LogP contribution >= 0.6 is 11.3 Å². The molecule has 0 fully saturated rings. The van der Waals surface area contributed by atoms with Crippen LogP contribution in [0.5, 0.6) is 11.6 Å². The van der Waals surface area contributed by atoms with Crippen molar-refractivity contribution in [1.82, 2.24) is 15.3 Å². The predicted octanol–water partition coefficient (Wildman–Crippen LogP) is 4.72. The number of hydrogen-bond donors (Lipinski definition) is 2. The van der Waals surface area contributed by atoms with Crippen molar-refractivity contribution >= 4 is 39.1 Å². The number of amides is 2.